The zero-order chi connectivity index (χ0) is 12.3. The summed E-state index contributed by atoms with van der Waals surface area (Å²) in [4.78, 5) is 11.6. The zero-order valence-electron chi connectivity index (χ0n) is 10.6. The summed E-state index contributed by atoms with van der Waals surface area (Å²) in [5.41, 5.74) is -0.456. The predicted octanol–water partition coefficient (Wildman–Crippen LogP) is 1.08. The van der Waals surface area contributed by atoms with E-state index in [-0.39, 0.29) is 18.1 Å². The SMILES string of the molecule is CC(NCC(O)C1CC1)C(=O)OC(C)(C)C. The van der Waals surface area contributed by atoms with Gasteiger partial charge in [0, 0.05) is 6.54 Å². The first-order valence-electron chi connectivity index (χ1n) is 5.94. The molecule has 2 atom stereocenters. The molecular weight excluding hydrogens is 206 g/mol. The standard InChI is InChI=1S/C12H23NO3/c1-8(11(15)16-12(2,3)4)13-7-10(14)9-5-6-9/h8-10,13-14H,5-7H2,1-4H3. The van der Waals surface area contributed by atoms with Gasteiger partial charge in [0.15, 0.2) is 0 Å². The van der Waals surface area contributed by atoms with Crippen LogP contribution in [0.15, 0.2) is 0 Å². The van der Waals surface area contributed by atoms with E-state index in [9.17, 15) is 9.90 Å². The van der Waals surface area contributed by atoms with Crippen LogP contribution in [0.3, 0.4) is 0 Å². The van der Waals surface area contributed by atoms with E-state index in [4.69, 9.17) is 4.74 Å². The van der Waals surface area contributed by atoms with E-state index < -0.39 is 5.60 Å². The molecule has 1 aliphatic rings. The highest BCUT2D eigenvalue weighted by atomic mass is 16.6. The Morgan fingerprint density at radius 2 is 2.06 bits per heavy atom. The lowest BCUT2D eigenvalue weighted by Gasteiger charge is -2.23. The van der Waals surface area contributed by atoms with Crippen LogP contribution in [0.1, 0.15) is 40.5 Å². The molecule has 0 amide bonds. The van der Waals surface area contributed by atoms with Gasteiger partial charge >= 0.3 is 5.97 Å². The van der Waals surface area contributed by atoms with Gasteiger partial charge < -0.3 is 15.2 Å². The van der Waals surface area contributed by atoms with Gasteiger partial charge in [-0.1, -0.05) is 0 Å². The van der Waals surface area contributed by atoms with Crippen molar-refractivity contribution in [3.63, 3.8) is 0 Å². The number of aliphatic hydroxyl groups is 1. The Bertz CT molecular complexity index is 243. The molecule has 0 aliphatic heterocycles. The van der Waals surface area contributed by atoms with Crippen molar-refractivity contribution in [1.82, 2.24) is 5.32 Å². The van der Waals surface area contributed by atoms with Gasteiger partial charge in [-0.2, -0.15) is 0 Å². The van der Waals surface area contributed by atoms with E-state index in [2.05, 4.69) is 5.32 Å². The third kappa shape index (κ3) is 4.94. The summed E-state index contributed by atoms with van der Waals surface area (Å²) in [7, 11) is 0. The number of esters is 1. The Morgan fingerprint density at radius 3 is 2.50 bits per heavy atom. The minimum atomic E-state index is -0.456. The number of carbonyl (C=O) groups is 1. The van der Waals surface area contributed by atoms with E-state index in [0.717, 1.165) is 12.8 Å². The molecule has 0 radical (unpaired) electrons. The largest absolute Gasteiger partial charge is 0.459 e. The smallest absolute Gasteiger partial charge is 0.323 e. The minimum Gasteiger partial charge on any atom is -0.459 e. The van der Waals surface area contributed by atoms with Crippen LogP contribution >= 0.6 is 0 Å². The molecule has 2 unspecified atom stereocenters. The van der Waals surface area contributed by atoms with Gasteiger partial charge in [-0.05, 0) is 46.5 Å². The second-order valence-corrected chi connectivity index (χ2v) is 5.57. The summed E-state index contributed by atoms with van der Waals surface area (Å²) >= 11 is 0. The summed E-state index contributed by atoms with van der Waals surface area (Å²) in [6.07, 6.45) is 1.87. The first kappa shape index (κ1) is 13.5. The van der Waals surface area contributed by atoms with Crippen LogP contribution in [-0.2, 0) is 9.53 Å². The maximum atomic E-state index is 11.6. The second-order valence-electron chi connectivity index (χ2n) is 5.57. The summed E-state index contributed by atoms with van der Waals surface area (Å²) in [5, 5.41) is 12.6. The molecule has 1 saturated carbocycles. The summed E-state index contributed by atoms with van der Waals surface area (Å²) in [6, 6.07) is -0.368. The predicted molar refractivity (Wildman–Crippen MR) is 62.0 cm³/mol. The molecule has 1 aliphatic carbocycles. The quantitative estimate of drug-likeness (QED) is 0.693. The van der Waals surface area contributed by atoms with Crippen molar-refractivity contribution in [2.24, 2.45) is 5.92 Å². The summed E-state index contributed by atoms with van der Waals surface area (Å²) in [5.74, 6) is 0.161. The highest BCUT2D eigenvalue weighted by Crippen LogP contribution is 2.32. The van der Waals surface area contributed by atoms with Crippen LogP contribution in [0, 0.1) is 5.92 Å². The summed E-state index contributed by atoms with van der Waals surface area (Å²) < 4.78 is 5.22. The van der Waals surface area contributed by atoms with Gasteiger partial charge in [-0.15, -0.1) is 0 Å². The van der Waals surface area contributed by atoms with Crippen LogP contribution in [0.2, 0.25) is 0 Å². The third-order valence-electron chi connectivity index (χ3n) is 2.56. The Balaban J connectivity index is 2.22. The van der Waals surface area contributed by atoms with Crippen molar-refractivity contribution >= 4 is 5.97 Å². The van der Waals surface area contributed by atoms with Crippen LogP contribution in [-0.4, -0.2) is 35.4 Å². The van der Waals surface area contributed by atoms with Crippen molar-refractivity contribution in [3.8, 4) is 0 Å². The maximum Gasteiger partial charge on any atom is 0.323 e. The van der Waals surface area contributed by atoms with Gasteiger partial charge in [0.25, 0.3) is 0 Å². The molecule has 0 aromatic heterocycles. The highest BCUT2D eigenvalue weighted by molar-refractivity contribution is 5.75. The Morgan fingerprint density at radius 1 is 1.50 bits per heavy atom. The number of carbonyl (C=O) groups excluding carboxylic acids is 1. The lowest BCUT2D eigenvalue weighted by molar-refractivity contribution is -0.157. The van der Waals surface area contributed by atoms with E-state index in [1.54, 1.807) is 6.92 Å². The Labute approximate surface area is 97.4 Å². The van der Waals surface area contributed by atoms with Gasteiger partial charge in [-0.25, -0.2) is 0 Å². The monoisotopic (exact) mass is 229 g/mol. The molecule has 0 aromatic rings. The van der Waals surface area contributed by atoms with Crippen molar-refractivity contribution in [3.05, 3.63) is 0 Å². The number of aliphatic hydroxyl groups excluding tert-OH is 1. The van der Waals surface area contributed by atoms with Gasteiger partial charge in [-0.3, -0.25) is 4.79 Å². The molecule has 0 aromatic carbocycles. The van der Waals surface area contributed by atoms with Crippen molar-refractivity contribution < 1.29 is 14.6 Å². The molecule has 4 nitrogen and oxygen atoms in total. The van der Waals surface area contributed by atoms with Crippen LogP contribution in [0.5, 0.6) is 0 Å². The van der Waals surface area contributed by atoms with Crippen LogP contribution in [0.25, 0.3) is 0 Å². The molecule has 2 N–H and O–H groups in total. The van der Waals surface area contributed by atoms with Gasteiger partial charge in [0.1, 0.15) is 11.6 Å². The topological polar surface area (TPSA) is 58.6 Å². The van der Waals surface area contributed by atoms with Gasteiger partial charge in [0.2, 0.25) is 0 Å². The average Bonchev–Trinajstić information content (AvgIpc) is 2.93. The van der Waals surface area contributed by atoms with E-state index in [1.807, 2.05) is 20.8 Å². The van der Waals surface area contributed by atoms with Gasteiger partial charge in [0.05, 0.1) is 6.10 Å². The highest BCUT2D eigenvalue weighted by Gasteiger charge is 2.30. The van der Waals surface area contributed by atoms with E-state index in [0.29, 0.717) is 12.5 Å². The fourth-order valence-electron chi connectivity index (χ4n) is 1.42. The summed E-state index contributed by atoms with van der Waals surface area (Å²) in [6.45, 7) is 7.75. The number of rotatable bonds is 5. The molecule has 0 bridgehead atoms. The second kappa shape index (κ2) is 5.15. The molecule has 16 heavy (non-hydrogen) atoms. The molecule has 0 spiro atoms. The minimum absolute atomic E-state index is 0.268. The normalized spacial score (nSPS) is 20.3. The van der Waals surface area contributed by atoms with Crippen molar-refractivity contribution in [2.45, 2.75) is 58.3 Å². The molecule has 0 saturated heterocycles. The molecule has 0 heterocycles. The Kier molecular flexibility index (Phi) is 4.33. The number of nitrogens with one attached hydrogen (secondary N) is 1. The third-order valence-corrected chi connectivity index (χ3v) is 2.56. The van der Waals surface area contributed by atoms with Crippen molar-refractivity contribution in [2.75, 3.05) is 6.54 Å². The molecular formula is C12H23NO3. The fraction of sp³-hybridized carbons (Fsp3) is 0.917. The zero-order valence-corrected chi connectivity index (χ0v) is 10.6. The number of ether oxygens (including phenoxy) is 1. The lowest BCUT2D eigenvalue weighted by atomic mass is 10.2. The fourth-order valence-corrected chi connectivity index (χ4v) is 1.42. The first-order chi connectivity index (χ1) is 7.29. The van der Waals surface area contributed by atoms with Crippen LogP contribution in [0.4, 0.5) is 0 Å². The van der Waals surface area contributed by atoms with Crippen LogP contribution < -0.4 is 5.32 Å². The van der Waals surface area contributed by atoms with E-state index >= 15 is 0 Å². The Hall–Kier alpha value is -0.610. The van der Waals surface area contributed by atoms with E-state index in [1.165, 1.54) is 0 Å². The number of hydrogen-bond donors (Lipinski definition) is 2. The first-order valence-corrected chi connectivity index (χ1v) is 5.94. The average molecular weight is 229 g/mol. The molecule has 94 valence electrons. The molecule has 4 heteroatoms. The molecule has 1 rings (SSSR count). The lowest BCUT2D eigenvalue weighted by Crippen LogP contribution is -2.42. The number of hydrogen-bond acceptors (Lipinski definition) is 4. The maximum absolute atomic E-state index is 11.6. The molecule has 1 fully saturated rings. The van der Waals surface area contributed by atoms with Crippen molar-refractivity contribution in [1.29, 1.82) is 0 Å².